The molecule has 1 rings (SSSR count). The molecule has 3 heteroatoms. The Morgan fingerprint density at radius 2 is 2.22 bits per heavy atom. The van der Waals surface area contributed by atoms with Crippen molar-refractivity contribution in [3.63, 3.8) is 0 Å². The van der Waals surface area contributed by atoms with Gasteiger partial charge >= 0.3 is 0 Å². The molecule has 0 amide bonds. The minimum atomic E-state index is 0.673. The Morgan fingerprint density at radius 3 is 2.89 bits per heavy atom. The molecule has 0 spiro atoms. The Hall–Kier alpha value is -0.120. The summed E-state index contributed by atoms with van der Waals surface area (Å²) in [6.07, 6.45) is 6.55. The third-order valence-electron chi connectivity index (χ3n) is 3.80. The standard InChI is InChI=1S/C15H32N2O/c1-4-16-14(2)8-5-6-10-17(3)12-15-9-7-11-18-13-15/h14-16H,4-13H2,1-3H3. The highest BCUT2D eigenvalue weighted by molar-refractivity contribution is 4.67. The lowest BCUT2D eigenvalue weighted by Crippen LogP contribution is -2.31. The molecule has 2 atom stereocenters. The Balaban J connectivity index is 1.97. The lowest BCUT2D eigenvalue weighted by molar-refractivity contribution is 0.0419. The van der Waals surface area contributed by atoms with Gasteiger partial charge in [-0.1, -0.05) is 13.3 Å². The summed E-state index contributed by atoms with van der Waals surface area (Å²) in [4.78, 5) is 2.48. The molecule has 2 unspecified atom stereocenters. The van der Waals surface area contributed by atoms with Crippen LogP contribution in [0.15, 0.2) is 0 Å². The molecule has 0 saturated carbocycles. The van der Waals surface area contributed by atoms with Crippen molar-refractivity contribution in [3.05, 3.63) is 0 Å². The van der Waals surface area contributed by atoms with Gasteiger partial charge in [0.05, 0.1) is 6.61 Å². The first-order chi connectivity index (χ1) is 8.72. The number of ether oxygens (including phenoxy) is 1. The number of hydrogen-bond acceptors (Lipinski definition) is 3. The monoisotopic (exact) mass is 256 g/mol. The van der Waals surface area contributed by atoms with Gasteiger partial charge in [0.25, 0.3) is 0 Å². The van der Waals surface area contributed by atoms with E-state index in [1.807, 2.05) is 0 Å². The van der Waals surface area contributed by atoms with Crippen LogP contribution >= 0.6 is 0 Å². The highest BCUT2D eigenvalue weighted by Crippen LogP contribution is 2.14. The summed E-state index contributed by atoms with van der Waals surface area (Å²) >= 11 is 0. The van der Waals surface area contributed by atoms with E-state index in [0.717, 1.165) is 25.7 Å². The second kappa shape index (κ2) is 9.76. The van der Waals surface area contributed by atoms with Gasteiger partial charge in [0, 0.05) is 19.2 Å². The molecule has 0 radical (unpaired) electrons. The van der Waals surface area contributed by atoms with Crippen molar-refractivity contribution in [2.24, 2.45) is 5.92 Å². The maximum absolute atomic E-state index is 5.53. The number of unbranched alkanes of at least 4 members (excludes halogenated alkanes) is 1. The van der Waals surface area contributed by atoms with E-state index in [2.05, 4.69) is 31.1 Å². The van der Waals surface area contributed by atoms with Gasteiger partial charge in [-0.15, -0.1) is 0 Å². The molecule has 1 aliphatic rings. The molecule has 1 N–H and O–H groups in total. The average Bonchev–Trinajstić information content (AvgIpc) is 2.36. The van der Waals surface area contributed by atoms with Crippen LogP contribution in [0.5, 0.6) is 0 Å². The first-order valence-corrected chi connectivity index (χ1v) is 7.72. The predicted molar refractivity (Wildman–Crippen MR) is 78.0 cm³/mol. The summed E-state index contributed by atoms with van der Waals surface area (Å²) in [6.45, 7) is 9.94. The minimum Gasteiger partial charge on any atom is -0.381 e. The molecule has 0 aromatic rings. The van der Waals surface area contributed by atoms with Crippen LogP contribution in [0, 0.1) is 5.92 Å². The molecule has 0 aliphatic carbocycles. The fraction of sp³-hybridized carbons (Fsp3) is 1.00. The molecule has 108 valence electrons. The van der Waals surface area contributed by atoms with E-state index in [4.69, 9.17) is 4.74 Å². The summed E-state index contributed by atoms with van der Waals surface area (Å²) < 4.78 is 5.53. The first kappa shape index (κ1) is 15.9. The number of nitrogens with zero attached hydrogens (tertiary/aromatic N) is 1. The quantitative estimate of drug-likeness (QED) is 0.642. The molecular formula is C15H32N2O. The average molecular weight is 256 g/mol. The fourth-order valence-corrected chi connectivity index (χ4v) is 2.77. The van der Waals surface area contributed by atoms with E-state index in [-0.39, 0.29) is 0 Å². The topological polar surface area (TPSA) is 24.5 Å². The zero-order valence-electron chi connectivity index (χ0n) is 12.6. The van der Waals surface area contributed by atoms with Crippen LogP contribution < -0.4 is 5.32 Å². The van der Waals surface area contributed by atoms with E-state index in [9.17, 15) is 0 Å². The van der Waals surface area contributed by atoms with Gasteiger partial charge in [0.15, 0.2) is 0 Å². The molecule has 0 aromatic carbocycles. The van der Waals surface area contributed by atoms with Gasteiger partial charge in [-0.2, -0.15) is 0 Å². The molecule has 1 fully saturated rings. The Labute approximate surface area is 113 Å². The molecule has 1 aliphatic heterocycles. The number of rotatable bonds is 9. The maximum atomic E-state index is 5.53. The van der Waals surface area contributed by atoms with Gasteiger partial charge in [-0.25, -0.2) is 0 Å². The maximum Gasteiger partial charge on any atom is 0.0506 e. The Morgan fingerprint density at radius 1 is 1.39 bits per heavy atom. The van der Waals surface area contributed by atoms with Crippen LogP contribution in [-0.2, 0) is 4.74 Å². The summed E-state index contributed by atoms with van der Waals surface area (Å²) in [7, 11) is 2.25. The Kier molecular flexibility index (Phi) is 8.64. The molecule has 3 nitrogen and oxygen atoms in total. The minimum absolute atomic E-state index is 0.673. The second-order valence-electron chi connectivity index (χ2n) is 5.80. The van der Waals surface area contributed by atoms with Crippen LogP contribution in [0.3, 0.4) is 0 Å². The van der Waals surface area contributed by atoms with Crippen molar-refractivity contribution < 1.29 is 4.74 Å². The second-order valence-corrected chi connectivity index (χ2v) is 5.80. The predicted octanol–water partition coefficient (Wildman–Crippen LogP) is 2.51. The lowest BCUT2D eigenvalue weighted by Gasteiger charge is -2.27. The zero-order chi connectivity index (χ0) is 13.2. The Bertz CT molecular complexity index is 193. The third kappa shape index (κ3) is 7.34. The summed E-state index contributed by atoms with van der Waals surface area (Å²) in [5, 5.41) is 3.47. The number of hydrogen-bond donors (Lipinski definition) is 1. The normalized spacial score (nSPS) is 22.3. The van der Waals surface area contributed by atoms with Crippen molar-refractivity contribution in [2.45, 2.75) is 52.0 Å². The summed E-state index contributed by atoms with van der Waals surface area (Å²) in [5.74, 6) is 0.768. The molecule has 18 heavy (non-hydrogen) atoms. The summed E-state index contributed by atoms with van der Waals surface area (Å²) in [6, 6.07) is 0.673. The molecule has 1 saturated heterocycles. The smallest absolute Gasteiger partial charge is 0.0506 e. The molecule has 1 heterocycles. The van der Waals surface area contributed by atoms with Crippen LogP contribution in [-0.4, -0.2) is 50.8 Å². The highest BCUT2D eigenvalue weighted by atomic mass is 16.5. The number of nitrogens with one attached hydrogen (secondary N) is 1. The molecule has 0 bridgehead atoms. The van der Waals surface area contributed by atoms with Gasteiger partial charge in [-0.05, 0) is 58.7 Å². The van der Waals surface area contributed by atoms with Crippen molar-refractivity contribution in [2.75, 3.05) is 39.9 Å². The molecular weight excluding hydrogens is 224 g/mol. The van der Waals surface area contributed by atoms with Crippen LogP contribution in [0.1, 0.15) is 46.0 Å². The largest absolute Gasteiger partial charge is 0.381 e. The van der Waals surface area contributed by atoms with Crippen LogP contribution in [0.4, 0.5) is 0 Å². The van der Waals surface area contributed by atoms with E-state index < -0.39 is 0 Å². The van der Waals surface area contributed by atoms with Gasteiger partial charge in [-0.3, -0.25) is 0 Å². The fourth-order valence-electron chi connectivity index (χ4n) is 2.77. The first-order valence-electron chi connectivity index (χ1n) is 7.72. The van der Waals surface area contributed by atoms with Crippen molar-refractivity contribution in [1.29, 1.82) is 0 Å². The van der Waals surface area contributed by atoms with E-state index in [1.165, 1.54) is 45.2 Å². The third-order valence-corrected chi connectivity index (χ3v) is 3.80. The van der Waals surface area contributed by atoms with Gasteiger partial charge in [0.1, 0.15) is 0 Å². The van der Waals surface area contributed by atoms with E-state index >= 15 is 0 Å². The zero-order valence-corrected chi connectivity index (χ0v) is 12.6. The van der Waals surface area contributed by atoms with E-state index in [1.54, 1.807) is 0 Å². The SMILES string of the molecule is CCNC(C)CCCCN(C)CC1CCCOC1. The van der Waals surface area contributed by atoms with Crippen LogP contribution in [0.2, 0.25) is 0 Å². The highest BCUT2D eigenvalue weighted by Gasteiger charge is 2.15. The van der Waals surface area contributed by atoms with Crippen molar-refractivity contribution >= 4 is 0 Å². The van der Waals surface area contributed by atoms with Crippen molar-refractivity contribution in [1.82, 2.24) is 10.2 Å². The van der Waals surface area contributed by atoms with Crippen LogP contribution in [0.25, 0.3) is 0 Å². The lowest BCUT2D eigenvalue weighted by atomic mass is 10.0. The summed E-state index contributed by atoms with van der Waals surface area (Å²) in [5.41, 5.74) is 0. The molecule has 0 aromatic heterocycles. The van der Waals surface area contributed by atoms with Gasteiger partial charge < -0.3 is 15.0 Å². The van der Waals surface area contributed by atoms with Gasteiger partial charge in [0.2, 0.25) is 0 Å². The van der Waals surface area contributed by atoms with E-state index in [0.29, 0.717) is 6.04 Å². The van der Waals surface area contributed by atoms with Crippen molar-refractivity contribution in [3.8, 4) is 0 Å².